The summed E-state index contributed by atoms with van der Waals surface area (Å²) in [6, 6.07) is 33.5. The Balaban J connectivity index is 0.000000183. The van der Waals surface area contributed by atoms with Gasteiger partial charge >= 0.3 is 0 Å². The number of rotatable bonds is 3. The standard InChI is InChI=1S/C15H10N3.C11H8N.Ir/c1-2-5-12(6-3-1)14-8-7-13(11-18-14)15-16-9-4-10-17-15;1-2-6-10(7-3-1)11-8-4-5-9-12-11;/h1-5,7-11H;1-6,8-9H;/q2*-1;. The van der Waals surface area contributed by atoms with Gasteiger partial charge in [-0.2, -0.15) is 0 Å². The van der Waals surface area contributed by atoms with Gasteiger partial charge in [-0.05, 0) is 23.5 Å². The van der Waals surface area contributed by atoms with Crippen molar-refractivity contribution in [1.82, 2.24) is 19.9 Å². The summed E-state index contributed by atoms with van der Waals surface area (Å²) in [5.74, 6) is 0.689. The predicted octanol–water partition coefficient (Wildman–Crippen LogP) is 5.55. The zero-order valence-corrected chi connectivity index (χ0v) is 18.9. The van der Waals surface area contributed by atoms with Crippen LogP contribution in [0, 0.1) is 12.1 Å². The maximum atomic E-state index is 4.41. The number of nitrogens with zero attached hydrogens (tertiary/aromatic N) is 4. The van der Waals surface area contributed by atoms with Gasteiger partial charge in [0.25, 0.3) is 0 Å². The van der Waals surface area contributed by atoms with E-state index in [1.165, 1.54) is 0 Å². The number of hydrogen-bond acceptors (Lipinski definition) is 4. The summed E-state index contributed by atoms with van der Waals surface area (Å²) in [6.45, 7) is 0. The minimum Gasteiger partial charge on any atom is -0.305 e. The molecule has 1 radical (unpaired) electrons. The Morgan fingerprint density at radius 1 is 0.516 bits per heavy atom. The molecule has 0 N–H and O–H groups in total. The van der Waals surface area contributed by atoms with Gasteiger partial charge in [0, 0.05) is 50.5 Å². The van der Waals surface area contributed by atoms with E-state index in [2.05, 4.69) is 32.1 Å². The van der Waals surface area contributed by atoms with Crippen molar-refractivity contribution in [1.29, 1.82) is 0 Å². The van der Waals surface area contributed by atoms with E-state index >= 15 is 0 Å². The fraction of sp³-hybridized carbons (Fsp3) is 0. The van der Waals surface area contributed by atoms with E-state index in [-0.39, 0.29) is 20.1 Å². The Kier molecular flexibility index (Phi) is 8.29. The van der Waals surface area contributed by atoms with Crippen LogP contribution in [0.15, 0.2) is 110 Å². The summed E-state index contributed by atoms with van der Waals surface area (Å²) in [4.78, 5) is 17.0. The molecule has 0 atom stereocenters. The Bertz CT molecular complexity index is 1060. The van der Waals surface area contributed by atoms with Crippen LogP contribution < -0.4 is 0 Å². The summed E-state index contributed by atoms with van der Waals surface area (Å²) < 4.78 is 0. The Hall–Kier alpha value is -3.53. The first-order valence-electron chi connectivity index (χ1n) is 9.49. The van der Waals surface area contributed by atoms with Gasteiger partial charge in [-0.25, -0.2) is 9.97 Å². The Morgan fingerprint density at radius 2 is 1.13 bits per heavy atom. The molecule has 5 aromatic rings. The summed E-state index contributed by atoms with van der Waals surface area (Å²) >= 11 is 0. The van der Waals surface area contributed by atoms with Crippen molar-refractivity contribution in [3.63, 3.8) is 0 Å². The number of aromatic nitrogens is 4. The molecule has 0 saturated carbocycles. The molecule has 0 saturated heterocycles. The first-order chi connectivity index (χ1) is 14.9. The van der Waals surface area contributed by atoms with Crippen molar-refractivity contribution in [2.24, 2.45) is 0 Å². The van der Waals surface area contributed by atoms with Crippen LogP contribution in [0.5, 0.6) is 0 Å². The van der Waals surface area contributed by atoms with Gasteiger partial charge in [0.1, 0.15) is 0 Å². The number of pyridine rings is 2. The SMILES string of the molecule is [Ir].[c-]1ccccc1-c1ccc(-c2ncccn2)cn1.[c-]1ccccc1-c1ccccn1. The third-order valence-corrected chi connectivity index (χ3v) is 4.22. The fourth-order valence-electron chi connectivity index (χ4n) is 2.76. The van der Waals surface area contributed by atoms with Gasteiger partial charge in [0.15, 0.2) is 5.82 Å². The molecule has 0 aliphatic carbocycles. The van der Waals surface area contributed by atoms with Crippen LogP contribution in [0.3, 0.4) is 0 Å². The fourth-order valence-corrected chi connectivity index (χ4v) is 2.76. The first-order valence-corrected chi connectivity index (χ1v) is 9.49. The molecule has 31 heavy (non-hydrogen) atoms. The van der Waals surface area contributed by atoms with Crippen LogP contribution in [-0.2, 0) is 20.1 Å². The van der Waals surface area contributed by atoms with Crippen LogP contribution in [0.4, 0.5) is 0 Å². The van der Waals surface area contributed by atoms with Crippen molar-refractivity contribution in [3.8, 4) is 33.9 Å². The topological polar surface area (TPSA) is 51.6 Å². The molecule has 2 aromatic carbocycles. The van der Waals surface area contributed by atoms with Crippen molar-refractivity contribution in [3.05, 3.63) is 122 Å². The van der Waals surface area contributed by atoms with Crippen LogP contribution in [0.1, 0.15) is 0 Å². The second-order valence-electron chi connectivity index (χ2n) is 6.27. The molecule has 3 heterocycles. The molecule has 0 fully saturated rings. The normalized spacial score (nSPS) is 9.68. The van der Waals surface area contributed by atoms with Gasteiger partial charge in [0.2, 0.25) is 0 Å². The molecule has 3 aromatic heterocycles. The third kappa shape index (κ3) is 6.22. The van der Waals surface area contributed by atoms with Crippen LogP contribution in [0.25, 0.3) is 33.9 Å². The van der Waals surface area contributed by atoms with Gasteiger partial charge in [-0.1, -0.05) is 24.3 Å². The number of hydrogen-bond donors (Lipinski definition) is 0. The second-order valence-corrected chi connectivity index (χ2v) is 6.27. The largest absolute Gasteiger partial charge is 0.305 e. The third-order valence-electron chi connectivity index (χ3n) is 4.22. The van der Waals surface area contributed by atoms with Crippen molar-refractivity contribution in [2.75, 3.05) is 0 Å². The summed E-state index contributed by atoms with van der Waals surface area (Å²) in [5, 5.41) is 0. The van der Waals surface area contributed by atoms with Crippen molar-refractivity contribution < 1.29 is 20.1 Å². The van der Waals surface area contributed by atoms with E-state index in [9.17, 15) is 0 Å². The summed E-state index contributed by atoms with van der Waals surface area (Å²) in [5.41, 5.74) is 4.81. The molecular weight excluding hydrogens is 561 g/mol. The molecule has 0 spiro atoms. The predicted molar refractivity (Wildman–Crippen MR) is 118 cm³/mol. The molecule has 0 bridgehead atoms. The Morgan fingerprint density at radius 3 is 1.65 bits per heavy atom. The van der Waals surface area contributed by atoms with Crippen molar-refractivity contribution in [2.45, 2.75) is 0 Å². The second kappa shape index (κ2) is 11.6. The first kappa shape index (κ1) is 22.2. The van der Waals surface area contributed by atoms with Gasteiger partial charge in [-0.15, -0.1) is 71.8 Å². The zero-order valence-electron chi connectivity index (χ0n) is 16.5. The molecule has 4 nitrogen and oxygen atoms in total. The monoisotopic (exact) mass is 579 g/mol. The molecule has 5 rings (SSSR count). The molecule has 0 aliphatic rings. The average Bonchev–Trinajstić information content (AvgIpc) is 2.87. The van der Waals surface area contributed by atoms with E-state index in [0.717, 1.165) is 28.1 Å². The molecule has 153 valence electrons. The van der Waals surface area contributed by atoms with Gasteiger partial charge in [-0.3, -0.25) is 0 Å². The quantitative estimate of drug-likeness (QED) is 0.264. The van der Waals surface area contributed by atoms with Gasteiger partial charge in [0.05, 0.1) is 0 Å². The van der Waals surface area contributed by atoms with E-state index in [1.54, 1.807) is 30.9 Å². The van der Waals surface area contributed by atoms with E-state index in [4.69, 9.17) is 0 Å². The molecule has 5 heteroatoms. The summed E-state index contributed by atoms with van der Waals surface area (Å²) in [7, 11) is 0. The van der Waals surface area contributed by atoms with Gasteiger partial charge < -0.3 is 9.97 Å². The zero-order chi connectivity index (χ0) is 20.4. The van der Waals surface area contributed by atoms with Crippen LogP contribution >= 0.6 is 0 Å². The maximum Gasteiger partial charge on any atom is 0.160 e. The Labute approximate surface area is 195 Å². The minimum absolute atomic E-state index is 0. The number of benzene rings is 2. The smallest absolute Gasteiger partial charge is 0.160 e. The van der Waals surface area contributed by atoms with Crippen molar-refractivity contribution >= 4 is 0 Å². The van der Waals surface area contributed by atoms with Crippen LogP contribution in [-0.4, -0.2) is 19.9 Å². The summed E-state index contributed by atoms with van der Waals surface area (Å²) in [6.07, 6.45) is 7.02. The average molecular weight is 579 g/mol. The molecule has 0 aliphatic heterocycles. The van der Waals surface area contributed by atoms with Crippen LogP contribution in [0.2, 0.25) is 0 Å². The molecular formula is C26H18IrN4-2. The van der Waals surface area contributed by atoms with E-state index in [1.807, 2.05) is 78.9 Å². The van der Waals surface area contributed by atoms with E-state index in [0.29, 0.717) is 5.82 Å². The maximum absolute atomic E-state index is 4.41. The molecule has 0 unspecified atom stereocenters. The molecule has 0 amide bonds. The minimum atomic E-state index is 0. The van der Waals surface area contributed by atoms with E-state index < -0.39 is 0 Å².